The van der Waals surface area contributed by atoms with Crippen LogP contribution in [0.15, 0.2) is 35.7 Å². The van der Waals surface area contributed by atoms with Crippen molar-refractivity contribution in [3.63, 3.8) is 0 Å². The van der Waals surface area contributed by atoms with Crippen LogP contribution in [-0.4, -0.2) is 34.1 Å². The number of aryl methyl sites for hydroxylation is 1. The molecule has 2 heterocycles. The van der Waals surface area contributed by atoms with Gasteiger partial charge in [0.1, 0.15) is 11.6 Å². The van der Waals surface area contributed by atoms with Gasteiger partial charge in [0.25, 0.3) is 0 Å². The van der Waals surface area contributed by atoms with Gasteiger partial charge in [-0.05, 0) is 30.9 Å². The van der Waals surface area contributed by atoms with E-state index >= 15 is 0 Å². The van der Waals surface area contributed by atoms with Crippen LogP contribution >= 0.6 is 24.0 Å². The first-order valence-corrected chi connectivity index (χ1v) is 8.00. The first-order valence-electron chi connectivity index (χ1n) is 8.00. The predicted octanol–water partition coefficient (Wildman–Crippen LogP) is 2.90. The number of nitrogens with zero attached hydrogens (tertiary/aromatic N) is 4. The van der Waals surface area contributed by atoms with Gasteiger partial charge >= 0.3 is 0 Å². The summed E-state index contributed by atoms with van der Waals surface area (Å²) >= 11 is 0. The van der Waals surface area contributed by atoms with Crippen molar-refractivity contribution in [2.24, 2.45) is 10.9 Å². The molecule has 2 aromatic rings. The Kier molecular flexibility index (Phi) is 8.73. The highest BCUT2D eigenvalue weighted by Crippen LogP contribution is 2.08. The van der Waals surface area contributed by atoms with Gasteiger partial charge in [0.15, 0.2) is 5.96 Å². The second-order valence-corrected chi connectivity index (χ2v) is 5.90. The molecule has 24 heavy (non-hydrogen) atoms. The lowest BCUT2D eigenvalue weighted by molar-refractivity contribution is 0.573. The average molecular weight is 442 g/mol. The van der Waals surface area contributed by atoms with Crippen LogP contribution in [-0.2, 0) is 6.54 Å². The Morgan fingerprint density at radius 3 is 2.58 bits per heavy atom. The normalized spacial score (nSPS) is 11.3. The lowest BCUT2D eigenvalue weighted by Gasteiger charge is -2.13. The fourth-order valence-corrected chi connectivity index (χ4v) is 2.17. The molecule has 0 spiro atoms. The molecule has 0 atom stereocenters. The molecule has 132 valence electrons. The molecule has 6 nitrogen and oxygen atoms in total. The Hall–Kier alpha value is -1.64. The molecule has 0 aliphatic carbocycles. The lowest BCUT2D eigenvalue weighted by atomic mass is 10.1. The summed E-state index contributed by atoms with van der Waals surface area (Å²) in [6.07, 6.45) is 6.69. The largest absolute Gasteiger partial charge is 0.356 e. The number of pyridine rings is 1. The fourth-order valence-electron chi connectivity index (χ4n) is 2.17. The molecule has 0 aliphatic rings. The van der Waals surface area contributed by atoms with Crippen LogP contribution in [0.4, 0.5) is 0 Å². The van der Waals surface area contributed by atoms with Crippen molar-refractivity contribution in [1.82, 2.24) is 25.2 Å². The van der Waals surface area contributed by atoms with E-state index in [0.717, 1.165) is 36.1 Å². The van der Waals surface area contributed by atoms with Crippen molar-refractivity contribution in [3.05, 3.63) is 42.1 Å². The van der Waals surface area contributed by atoms with Crippen molar-refractivity contribution in [2.75, 3.05) is 13.6 Å². The maximum atomic E-state index is 4.49. The minimum atomic E-state index is 0. The second-order valence-electron chi connectivity index (χ2n) is 5.90. The van der Waals surface area contributed by atoms with Crippen molar-refractivity contribution in [2.45, 2.75) is 33.7 Å². The van der Waals surface area contributed by atoms with E-state index in [-0.39, 0.29) is 24.0 Å². The third kappa shape index (κ3) is 6.10. The van der Waals surface area contributed by atoms with Gasteiger partial charge in [0.05, 0.1) is 0 Å². The van der Waals surface area contributed by atoms with Crippen LogP contribution in [0, 0.1) is 12.8 Å². The average Bonchev–Trinajstić information content (AvgIpc) is 2.97. The van der Waals surface area contributed by atoms with Gasteiger partial charge < -0.3 is 10.6 Å². The maximum Gasteiger partial charge on any atom is 0.191 e. The highest BCUT2D eigenvalue weighted by Gasteiger charge is 2.03. The van der Waals surface area contributed by atoms with Crippen LogP contribution in [0.3, 0.4) is 0 Å². The molecular weight excluding hydrogens is 415 g/mol. The Morgan fingerprint density at radius 1 is 1.25 bits per heavy atom. The monoisotopic (exact) mass is 442 g/mol. The first-order chi connectivity index (χ1) is 11.1. The molecule has 2 rings (SSSR count). The van der Waals surface area contributed by atoms with E-state index in [1.165, 1.54) is 0 Å². The van der Waals surface area contributed by atoms with E-state index in [1.807, 2.05) is 30.0 Å². The van der Waals surface area contributed by atoms with E-state index in [2.05, 4.69) is 45.5 Å². The Balaban J connectivity index is 0.00000288. The number of rotatable bonds is 6. The van der Waals surface area contributed by atoms with Crippen molar-refractivity contribution in [3.8, 4) is 5.82 Å². The summed E-state index contributed by atoms with van der Waals surface area (Å²) in [6.45, 7) is 8.01. The van der Waals surface area contributed by atoms with E-state index in [4.69, 9.17) is 0 Å². The molecule has 0 aliphatic heterocycles. The third-order valence-electron chi connectivity index (χ3n) is 3.58. The Morgan fingerprint density at radius 2 is 2.04 bits per heavy atom. The van der Waals surface area contributed by atoms with E-state index < -0.39 is 0 Å². The smallest absolute Gasteiger partial charge is 0.191 e. The molecule has 0 amide bonds. The number of nitrogens with one attached hydrogen (secondary N) is 2. The zero-order valence-electron chi connectivity index (χ0n) is 14.8. The summed E-state index contributed by atoms with van der Waals surface area (Å²) in [5, 5.41) is 6.62. The quantitative estimate of drug-likeness (QED) is 0.410. The Bertz CT molecular complexity index is 633. The minimum absolute atomic E-state index is 0. The maximum absolute atomic E-state index is 4.49. The highest BCUT2D eigenvalue weighted by molar-refractivity contribution is 14.0. The van der Waals surface area contributed by atoms with Gasteiger partial charge in [-0.15, -0.1) is 24.0 Å². The molecule has 0 saturated carbocycles. The molecule has 2 N–H and O–H groups in total. The number of aromatic nitrogens is 3. The molecule has 0 aromatic carbocycles. The number of hydrogen-bond acceptors (Lipinski definition) is 3. The standard InChI is InChI=1S/C17H26N6.HI/c1-13(2)7-8-20-17(18-4)22-12-15-5-6-16(21-11-15)23-10-9-19-14(23)3;/h5-6,9-11,13H,7-8,12H2,1-4H3,(H2,18,20,22);1H. The van der Waals surface area contributed by atoms with Crippen LogP contribution in [0.5, 0.6) is 0 Å². The second kappa shape index (κ2) is 10.3. The van der Waals surface area contributed by atoms with Gasteiger partial charge in [-0.2, -0.15) is 0 Å². The summed E-state index contributed by atoms with van der Waals surface area (Å²) in [5.74, 6) is 3.31. The molecule has 0 fully saturated rings. The van der Waals surface area contributed by atoms with Gasteiger partial charge in [0, 0.05) is 38.7 Å². The SMILES string of the molecule is CN=C(NCCC(C)C)NCc1ccc(-n2ccnc2C)nc1.I. The van der Waals surface area contributed by atoms with Crippen LogP contribution in [0.25, 0.3) is 5.82 Å². The van der Waals surface area contributed by atoms with Crippen molar-refractivity contribution >= 4 is 29.9 Å². The summed E-state index contributed by atoms with van der Waals surface area (Å²) in [7, 11) is 1.79. The molecule has 2 aromatic heterocycles. The zero-order valence-corrected chi connectivity index (χ0v) is 17.1. The molecular formula is C17H27IN6. The van der Waals surface area contributed by atoms with E-state index in [0.29, 0.717) is 12.5 Å². The summed E-state index contributed by atoms with van der Waals surface area (Å²) in [5.41, 5.74) is 1.11. The summed E-state index contributed by atoms with van der Waals surface area (Å²) in [4.78, 5) is 12.9. The number of halogens is 1. The van der Waals surface area contributed by atoms with E-state index in [9.17, 15) is 0 Å². The number of guanidine groups is 1. The molecule has 0 radical (unpaired) electrons. The first kappa shape index (κ1) is 20.4. The molecule has 7 heteroatoms. The van der Waals surface area contributed by atoms with Crippen LogP contribution in [0.1, 0.15) is 31.7 Å². The minimum Gasteiger partial charge on any atom is -0.356 e. The molecule has 0 unspecified atom stereocenters. The molecule has 0 saturated heterocycles. The highest BCUT2D eigenvalue weighted by atomic mass is 127. The van der Waals surface area contributed by atoms with E-state index in [1.54, 1.807) is 13.2 Å². The predicted molar refractivity (Wildman–Crippen MR) is 109 cm³/mol. The van der Waals surface area contributed by atoms with Crippen LogP contribution in [0.2, 0.25) is 0 Å². The summed E-state index contributed by atoms with van der Waals surface area (Å²) in [6, 6.07) is 4.07. The van der Waals surface area contributed by atoms with Gasteiger partial charge in [0.2, 0.25) is 0 Å². The molecule has 0 bridgehead atoms. The zero-order chi connectivity index (χ0) is 16.7. The van der Waals surface area contributed by atoms with Gasteiger partial charge in [-0.3, -0.25) is 9.56 Å². The topological polar surface area (TPSA) is 67.1 Å². The van der Waals surface area contributed by atoms with Crippen molar-refractivity contribution in [1.29, 1.82) is 0 Å². The van der Waals surface area contributed by atoms with Crippen molar-refractivity contribution < 1.29 is 0 Å². The summed E-state index contributed by atoms with van der Waals surface area (Å²) < 4.78 is 1.96. The Labute approximate surface area is 161 Å². The van der Waals surface area contributed by atoms with Crippen LogP contribution < -0.4 is 10.6 Å². The number of hydrogen-bond donors (Lipinski definition) is 2. The fraction of sp³-hybridized carbons (Fsp3) is 0.471. The van der Waals surface area contributed by atoms with Gasteiger partial charge in [-0.25, -0.2) is 9.97 Å². The number of imidazole rings is 1. The number of aliphatic imine (C=N–C) groups is 1. The van der Waals surface area contributed by atoms with Gasteiger partial charge in [-0.1, -0.05) is 19.9 Å². The lowest BCUT2D eigenvalue weighted by Crippen LogP contribution is -2.37. The third-order valence-corrected chi connectivity index (χ3v) is 3.58.